The van der Waals surface area contributed by atoms with Crippen LogP contribution in [0.2, 0.25) is 0 Å². The van der Waals surface area contributed by atoms with Crippen molar-refractivity contribution in [2.45, 2.75) is 6.92 Å². The van der Waals surface area contributed by atoms with Gasteiger partial charge in [0.2, 0.25) is 6.79 Å². The van der Waals surface area contributed by atoms with E-state index in [9.17, 15) is 5.26 Å². The van der Waals surface area contributed by atoms with Crippen molar-refractivity contribution < 1.29 is 14.2 Å². The second kappa shape index (κ2) is 7.52. The number of nitriles is 1. The Kier molecular flexibility index (Phi) is 4.77. The molecule has 0 unspecified atom stereocenters. The van der Waals surface area contributed by atoms with E-state index in [2.05, 4.69) is 11.1 Å². The van der Waals surface area contributed by atoms with Crippen LogP contribution in [0.5, 0.6) is 17.2 Å². The van der Waals surface area contributed by atoms with Gasteiger partial charge in [-0.15, -0.1) is 11.3 Å². The molecule has 3 aromatic rings. The lowest BCUT2D eigenvalue weighted by Gasteiger charge is -2.06. The molecule has 0 amide bonds. The number of nitrogens with zero attached hydrogens (tertiary/aromatic N) is 2. The van der Waals surface area contributed by atoms with Crippen molar-refractivity contribution in [1.29, 1.82) is 5.26 Å². The van der Waals surface area contributed by atoms with Crippen LogP contribution < -0.4 is 14.2 Å². The zero-order chi connectivity index (χ0) is 18.6. The fraction of sp³-hybridized carbons (Fsp3) is 0.143. The molecule has 0 radical (unpaired) electrons. The lowest BCUT2D eigenvalue weighted by Crippen LogP contribution is -1.93. The first-order valence-corrected chi connectivity index (χ1v) is 9.36. The van der Waals surface area contributed by atoms with Gasteiger partial charge in [-0.05, 0) is 37.3 Å². The maximum absolute atomic E-state index is 9.64. The third kappa shape index (κ3) is 3.50. The van der Waals surface area contributed by atoms with Crippen LogP contribution in [0.25, 0.3) is 22.9 Å². The molecule has 2 heterocycles. The number of ether oxygens (including phenoxy) is 3. The maximum atomic E-state index is 9.64. The van der Waals surface area contributed by atoms with E-state index in [0.29, 0.717) is 22.9 Å². The highest BCUT2D eigenvalue weighted by molar-refractivity contribution is 7.11. The second-order valence-corrected chi connectivity index (χ2v) is 6.60. The zero-order valence-corrected chi connectivity index (χ0v) is 15.5. The van der Waals surface area contributed by atoms with E-state index in [-0.39, 0.29) is 6.79 Å². The van der Waals surface area contributed by atoms with Crippen LogP contribution in [0.3, 0.4) is 0 Å². The molecule has 0 saturated heterocycles. The first kappa shape index (κ1) is 17.1. The molecule has 0 atom stereocenters. The molecule has 0 N–H and O–H groups in total. The molecule has 0 saturated carbocycles. The van der Waals surface area contributed by atoms with E-state index in [4.69, 9.17) is 14.2 Å². The Labute approximate surface area is 161 Å². The Morgan fingerprint density at radius 1 is 1.26 bits per heavy atom. The Hall–Kier alpha value is -3.30. The lowest BCUT2D eigenvalue weighted by molar-refractivity contribution is 0.174. The van der Waals surface area contributed by atoms with Gasteiger partial charge in [0.05, 0.1) is 17.9 Å². The minimum absolute atomic E-state index is 0.238. The Morgan fingerprint density at radius 3 is 2.96 bits per heavy atom. The predicted molar refractivity (Wildman–Crippen MR) is 105 cm³/mol. The van der Waals surface area contributed by atoms with Crippen LogP contribution in [-0.2, 0) is 0 Å². The van der Waals surface area contributed by atoms with Gasteiger partial charge in [0.25, 0.3) is 0 Å². The van der Waals surface area contributed by atoms with Crippen molar-refractivity contribution in [3.05, 3.63) is 58.4 Å². The van der Waals surface area contributed by atoms with Crippen molar-refractivity contribution in [2.24, 2.45) is 0 Å². The number of aromatic nitrogens is 1. The summed E-state index contributed by atoms with van der Waals surface area (Å²) in [5.74, 6) is 2.20. The first-order valence-electron chi connectivity index (χ1n) is 8.48. The fourth-order valence-electron chi connectivity index (χ4n) is 2.77. The largest absolute Gasteiger partial charge is 0.493 e. The summed E-state index contributed by atoms with van der Waals surface area (Å²) in [6.45, 7) is 2.74. The summed E-state index contributed by atoms with van der Waals surface area (Å²) in [6, 6.07) is 15.6. The number of hydrogen-bond donors (Lipinski definition) is 0. The molecule has 1 aromatic heterocycles. The monoisotopic (exact) mass is 376 g/mol. The highest BCUT2D eigenvalue weighted by atomic mass is 32.1. The van der Waals surface area contributed by atoms with E-state index in [0.717, 1.165) is 28.3 Å². The first-order chi connectivity index (χ1) is 13.3. The van der Waals surface area contributed by atoms with E-state index in [1.807, 2.05) is 60.8 Å². The third-order valence-corrected chi connectivity index (χ3v) is 4.92. The van der Waals surface area contributed by atoms with Crippen LogP contribution in [-0.4, -0.2) is 18.4 Å². The van der Waals surface area contributed by atoms with Gasteiger partial charge in [-0.25, -0.2) is 4.98 Å². The van der Waals surface area contributed by atoms with Crippen molar-refractivity contribution >= 4 is 23.0 Å². The van der Waals surface area contributed by atoms with E-state index < -0.39 is 0 Å². The summed E-state index contributed by atoms with van der Waals surface area (Å²) in [5.41, 5.74) is 3.08. The van der Waals surface area contributed by atoms with Gasteiger partial charge in [0, 0.05) is 16.5 Å². The number of fused-ring (bicyclic) bond motifs is 1. The molecule has 134 valence electrons. The smallest absolute Gasteiger partial charge is 0.231 e. The molecule has 5 nitrogen and oxygen atoms in total. The van der Waals surface area contributed by atoms with Crippen LogP contribution >= 0.6 is 11.3 Å². The molecule has 1 aliphatic heterocycles. The highest BCUT2D eigenvalue weighted by Crippen LogP contribution is 2.37. The van der Waals surface area contributed by atoms with Gasteiger partial charge in [-0.1, -0.05) is 18.2 Å². The number of para-hydroxylation sites is 1. The molecule has 4 rings (SSSR count). The van der Waals surface area contributed by atoms with Crippen LogP contribution in [0.4, 0.5) is 0 Å². The molecule has 0 fully saturated rings. The molecule has 0 spiro atoms. The Morgan fingerprint density at radius 2 is 2.11 bits per heavy atom. The number of benzene rings is 2. The van der Waals surface area contributed by atoms with E-state index >= 15 is 0 Å². The van der Waals surface area contributed by atoms with Crippen LogP contribution in [0.1, 0.15) is 17.5 Å². The average molecular weight is 376 g/mol. The standard InChI is InChI=1S/C21H16N2O3S/c1-2-24-18-6-4-3-5-15(18)9-16(11-22)21-23-17(12-27-21)14-7-8-19-20(10-14)26-13-25-19/h3-10,12H,2,13H2,1H3. The van der Waals surface area contributed by atoms with Crippen LogP contribution in [0.15, 0.2) is 47.8 Å². The van der Waals surface area contributed by atoms with E-state index in [1.54, 1.807) is 0 Å². The van der Waals surface area contributed by atoms with Crippen molar-refractivity contribution in [3.63, 3.8) is 0 Å². The number of rotatable bonds is 5. The molecule has 0 bridgehead atoms. The second-order valence-electron chi connectivity index (χ2n) is 5.75. The topological polar surface area (TPSA) is 64.4 Å². The summed E-state index contributed by atoms with van der Waals surface area (Å²) in [7, 11) is 0. The molecule has 2 aromatic carbocycles. The summed E-state index contributed by atoms with van der Waals surface area (Å²) in [4.78, 5) is 4.64. The summed E-state index contributed by atoms with van der Waals surface area (Å²) >= 11 is 1.43. The minimum Gasteiger partial charge on any atom is -0.493 e. The fourth-order valence-corrected chi connectivity index (χ4v) is 3.56. The Balaban J connectivity index is 1.66. The van der Waals surface area contributed by atoms with Crippen molar-refractivity contribution in [2.75, 3.05) is 13.4 Å². The normalized spacial score (nSPS) is 12.7. The number of thiazole rings is 1. The molecule has 0 aliphatic carbocycles. The van der Waals surface area contributed by atoms with Gasteiger partial charge >= 0.3 is 0 Å². The lowest BCUT2D eigenvalue weighted by atomic mass is 10.1. The predicted octanol–water partition coefficient (Wildman–Crippen LogP) is 5.00. The van der Waals surface area contributed by atoms with Crippen molar-refractivity contribution in [3.8, 4) is 34.6 Å². The van der Waals surface area contributed by atoms with Gasteiger partial charge < -0.3 is 14.2 Å². The van der Waals surface area contributed by atoms with Gasteiger partial charge in [-0.3, -0.25) is 0 Å². The van der Waals surface area contributed by atoms with E-state index in [1.165, 1.54) is 11.3 Å². The number of allylic oxidation sites excluding steroid dienone is 1. The van der Waals surface area contributed by atoms with Crippen LogP contribution in [0, 0.1) is 11.3 Å². The maximum Gasteiger partial charge on any atom is 0.231 e. The molecular formula is C21H16N2O3S. The number of hydrogen-bond acceptors (Lipinski definition) is 6. The molecule has 6 heteroatoms. The van der Waals surface area contributed by atoms with Crippen molar-refractivity contribution in [1.82, 2.24) is 4.98 Å². The average Bonchev–Trinajstić information content (AvgIpc) is 3.36. The molecule has 27 heavy (non-hydrogen) atoms. The summed E-state index contributed by atoms with van der Waals surface area (Å²) < 4.78 is 16.4. The third-order valence-electron chi connectivity index (χ3n) is 4.04. The Bertz CT molecular complexity index is 1050. The molecule has 1 aliphatic rings. The van der Waals surface area contributed by atoms with Gasteiger partial charge in [0.1, 0.15) is 16.8 Å². The quantitative estimate of drug-likeness (QED) is 0.586. The highest BCUT2D eigenvalue weighted by Gasteiger charge is 2.16. The molecular weight excluding hydrogens is 360 g/mol. The van der Waals surface area contributed by atoms with Gasteiger partial charge in [-0.2, -0.15) is 5.26 Å². The van der Waals surface area contributed by atoms with Gasteiger partial charge in [0.15, 0.2) is 11.5 Å². The minimum atomic E-state index is 0.238. The zero-order valence-electron chi connectivity index (χ0n) is 14.6. The summed E-state index contributed by atoms with van der Waals surface area (Å²) in [5, 5.41) is 12.2. The summed E-state index contributed by atoms with van der Waals surface area (Å²) in [6.07, 6.45) is 1.81. The SMILES string of the molecule is CCOc1ccccc1C=C(C#N)c1nc(-c2ccc3c(c2)OCO3)cs1.